The van der Waals surface area contributed by atoms with Crippen LogP contribution in [0.25, 0.3) is 11.3 Å². The summed E-state index contributed by atoms with van der Waals surface area (Å²) >= 11 is 0. The first-order valence-electron chi connectivity index (χ1n) is 7.73. The maximum absolute atomic E-state index is 13.5. The smallest absolute Gasteiger partial charge is 0.220 e. The van der Waals surface area contributed by atoms with Crippen molar-refractivity contribution in [3.05, 3.63) is 77.8 Å². The number of carbonyl (C=O) groups is 1. The number of nitrogens with zero attached hydrogens (tertiary/aromatic N) is 1. The largest absolute Gasteiger partial charge is 0.364 e. The van der Waals surface area contributed by atoms with Gasteiger partial charge in [-0.1, -0.05) is 53.7 Å². The van der Waals surface area contributed by atoms with Crippen LogP contribution in [-0.4, -0.2) is 11.1 Å². The third-order valence-electron chi connectivity index (χ3n) is 3.75. The molecule has 1 amide bonds. The van der Waals surface area contributed by atoms with Gasteiger partial charge < -0.3 is 9.84 Å². The van der Waals surface area contributed by atoms with Crippen LogP contribution < -0.4 is 5.32 Å². The summed E-state index contributed by atoms with van der Waals surface area (Å²) < 4.78 is 18.6. The SMILES string of the molecule is O=C(CCc1conc1-c1ccccc1)NCc1ccccc1F. The van der Waals surface area contributed by atoms with Crippen molar-refractivity contribution in [1.82, 2.24) is 10.5 Å². The zero-order valence-electron chi connectivity index (χ0n) is 13.0. The molecule has 0 bridgehead atoms. The Balaban J connectivity index is 1.56. The number of carbonyl (C=O) groups excluding carboxylic acids is 1. The van der Waals surface area contributed by atoms with E-state index < -0.39 is 0 Å². The van der Waals surface area contributed by atoms with Crippen LogP contribution >= 0.6 is 0 Å². The maximum Gasteiger partial charge on any atom is 0.220 e. The summed E-state index contributed by atoms with van der Waals surface area (Å²) in [7, 11) is 0. The molecule has 0 unspecified atom stereocenters. The molecule has 0 radical (unpaired) electrons. The molecule has 0 aliphatic carbocycles. The van der Waals surface area contributed by atoms with Crippen LogP contribution in [0.15, 0.2) is 65.4 Å². The van der Waals surface area contributed by atoms with Gasteiger partial charge in [0, 0.05) is 29.7 Å². The lowest BCUT2D eigenvalue weighted by atomic mass is 10.0. The summed E-state index contributed by atoms with van der Waals surface area (Å²) in [6.07, 6.45) is 2.36. The van der Waals surface area contributed by atoms with Gasteiger partial charge in [-0.05, 0) is 12.5 Å². The third-order valence-corrected chi connectivity index (χ3v) is 3.75. The molecule has 0 fully saturated rings. The van der Waals surface area contributed by atoms with Gasteiger partial charge in [0.05, 0.1) is 0 Å². The molecule has 1 N–H and O–H groups in total. The summed E-state index contributed by atoms with van der Waals surface area (Å²) in [6.45, 7) is 0.181. The van der Waals surface area contributed by atoms with Gasteiger partial charge in [0.1, 0.15) is 17.8 Å². The van der Waals surface area contributed by atoms with E-state index in [1.807, 2.05) is 30.3 Å². The van der Waals surface area contributed by atoms with Crippen molar-refractivity contribution >= 4 is 5.91 Å². The van der Waals surface area contributed by atoms with Gasteiger partial charge in [-0.2, -0.15) is 0 Å². The summed E-state index contributed by atoms with van der Waals surface area (Å²) in [5.41, 5.74) is 3.05. The molecule has 24 heavy (non-hydrogen) atoms. The number of nitrogens with one attached hydrogen (secondary N) is 1. The van der Waals surface area contributed by atoms with Crippen molar-refractivity contribution < 1.29 is 13.7 Å². The van der Waals surface area contributed by atoms with Crippen molar-refractivity contribution in [3.8, 4) is 11.3 Å². The van der Waals surface area contributed by atoms with E-state index in [0.717, 1.165) is 16.8 Å². The van der Waals surface area contributed by atoms with Crippen molar-refractivity contribution in [2.24, 2.45) is 0 Å². The van der Waals surface area contributed by atoms with Crippen LogP contribution in [0.1, 0.15) is 17.5 Å². The molecule has 3 rings (SSSR count). The molecule has 5 heteroatoms. The molecule has 1 heterocycles. The molecular formula is C19H17FN2O2. The highest BCUT2D eigenvalue weighted by Crippen LogP contribution is 2.22. The monoisotopic (exact) mass is 324 g/mol. The van der Waals surface area contributed by atoms with E-state index in [4.69, 9.17) is 4.52 Å². The van der Waals surface area contributed by atoms with Crippen LogP contribution in [-0.2, 0) is 17.8 Å². The van der Waals surface area contributed by atoms with Crippen molar-refractivity contribution in [2.45, 2.75) is 19.4 Å². The summed E-state index contributed by atoms with van der Waals surface area (Å²) in [5.74, 6) is -0.457. The lowest BCUT2D eigenvalue weighted by molar-refractivity contribution is -0.121. The minimum absolute atomic E-state index is 0.140. The number of amides is 1. The lowest BCUT2D eigenvalue weighted by Crippen LogP contribution is -2.23. The lowest BCUT2D eigenvalue weighted by Gasteiger charge is -2.06. The average Bonchev–Trinajstić information content (AvgIpc) is 3.08. The van der Waals surface area contributed by atoms with Crippen LogP contribution in [0.2, 0.25) is 0 Å². The predicted molar refractivity (Wildman–Crippen MR) is 88.5 cm³/mol. The molecule has 3 aromatic rings. The highest BCUT2D eigenvalue weighted by atomic mass is 19.1. The van der Waals surface area contributed by atoms with Crippen LogP contribution in [0.4, 0.5) is 4.39 Å². The highest BCUT2D eigenvalue weighted by Gasteiger charge is 2.12. The predicted octanol–water partition coefficient (Wildman–Crippen LogP) is 3.73. The standard InChI is InChI=1S/C19H17FN2O2/c20-17-9-5-4-8-15(17)12-21-18(23)11-10-16-13-24-22-19(16)14-6-2-1-3-7-14/h1-9,13H,10-12H2,(H,21,23). The van der Waals surface area contributed by atoms with E-state index in [2.05, 4.69) is 10.5 Å². The van der Waals surface area contributed by atoms with Gasteiger partial charge in [0.2, 0.25) is 5.91 Å². The Morgan fingerprint density at radius 1 is 1.04 bits per heavy atom. The number of benzene rings is 2. The highest BCUT2D eigenvalue weighted by molar-refractivity contribution is 5.76. The molecule has 0 saturated heterocycles. The number of aryl methyl sites for hydroxylation is 1. The topological polar surface area (TPSA) is 55.1 Å². The molecular weight excluding hydrogens is 307 g/mol. The summed E-state index contributed by atoms with van der Waals surface area (Å²) in [6, 6.07) is 16.1. The Morgan fingerprint density at radius 2 is 1.79 bits per heavy atom. The van der Waals surface area contributed by atoms with Crippen molar-refractivity contribution in [2.75, 3.05) is 0 Å². The second-order valence-electron chi connectivity index (χ2n) is 5.42. The van der Waals surface area contributed by atoms with Crippen molar-refractivity contribution in [1.29, 1.82) is 0 Å². The molecule has 122 valence electrons. The Kier molecular flexibility index (Phi) is 5.01. The molecule has 4 nitrogen and oxygen atoms in total. The first-order valence-corrected chi connectivity index (χ1v) is 7.73. The molecule has 0 saturated carbocycles. The Morgan fingerprint density at radius 3 is 2.58 bits per heavy atom. The molecule has 0 aliphatic heterocycles. The second kappa shape index (κ2) is 7.55. The minimum atomic E-state index is -0.316. The van der Waals surface area contributed by atoms with Crippen LogP contribution in [0, 0.1) is 5.82 Å². The molecule has 0 atom stereocenters. The Hall–Kier alpha value is -2.95. The summed E-state index contributed by atoms with van der Waals surface area (Å²) in [4.78, 5) is 12.0. The first kappa shape index (κ1) is 15.9. The normalized spacial score (nSPS) is 10.5. The molecule has 1 aromatic heterocycles. The Bertz CT molecular complexity index is 815. The number of halogens is 1. The van der Waals surface area contributed by atoms with Gasteiger partial charge in [0.25, 0.3) is 0 Å². The number of hydrogen-bond acceptors (Lipinski definition) is 3. The van der Waals surface area contributed by atoms with Gasteiger partial charge >= 0.3 is 0 Å². The molecule has 0 aliphatic rings. The van der Waals surface area contributed by atoms with Crippen LogP contribution in [0.5, 0.6) is 0 Å². The molecule has 0 spiro atoms. The van der Waals surface area contributed by atoms with Gasteiger partial charge in [-0.25, -0.2) is 4.39 Å². The third kappa shape index (κ3) is 3.87. The second-order valence-corrected chi connectivity index (χ2v) is 5.42. The number of aromatic nitrogens is 1. The van der Waals surface area contributed by atoms with Gasteiger partial charge in [-0.15, -0.1) is 0 Å². The van der Waals surface area contributed by atoms with E-state index in [1.165, 1.54) is 6.07 Å². The van der Waals surface area contributed by atoms with E-state index in [1.54, 1.807) is 24.5 Å². The zero-order valence-corrected chi connectivity index (χ0v) is 13.0. The van der Waals surface area contributed by atoms with E-state index in [9.17, 15) is 9.18 Å². The minimum Gasteiger partial charge on any atom is -0.364 e. The van der Waals surface area contributed by atoms with Crippen LogP contribution in [0.3, 0.4) is 0 Å². The fourth-order valence-corrected chi connectivity index (χ4v) is 2.44. The molecule has 2 aromatic carbocycles. The van der Waals surface area contributed by atoms with E-state index in [-0.39, 0.29) is 24.7 Å². The van der Waals surface area contributed by atoms with Gasteiger partial charge in [0.15, 0.2) is 0 Å². The van der Waals surface area contributed by atoms with E-state index >= 15 is 0 Å². The summed E-state index contributed by atoms with van der Waals surface area (Å²) in [5, 5.41) is 6.74. The quantitative estimate of drug-likeness (QED) is 0.751. The number of hydrogen-bond donors (Lipinski definition) is 1. The maximum atomic E-state index is 13.5. The first-order chi connectivity index (χ1) is 11.7. The van der Waals surface area contributed by atoms with E-state index in [0.29, 0.717) is 12.0 Å². The average molecular weight is 324 g/mol. The fourth-order valence-electron chi connectivity index (χ4n) is 2.44. The van der Waals surface area contributed by atoms with Gasteiger partial charge in [-0.3, -0.25) is 4.79 Å². The van der Waals surface area contributed by atoms with Crippen molar-refractivity contribution in [3.63, 3.8) is 0 Å². The Labute approximate surface area is 139 Å². The fraction of sp³-hybridized carbons (Fsp3) is 0.158. The zero-order chi connectivity index (χ0) is 16.8. The number of rotatable bonds is 6.